The van der Waals surface area contributed by atoms with E-state index in [2.05, 4.69) is 5.32 Å². The maximum Gasteiger partial charge on any atom is 0.308 e. The van der Waals surface area contributed by atoms with Crippen LogP contribution in [0.1, 0.15) is 33.6 Å². The Labute approximate surface area is 124 Å². The van der Waals surface area contributed by atoms with Gasteiger partial charge in [0.2, 0.25) is 5.91 Å². The molecule has 120 valence electrons. The summed E-state index contributed by atoms with van der Waals surface area (Å²) in [5.74, 6) is -4.22. The summed E-state index contributed by atoms with van der Waals surface area (Å²) >= 11 is 0. The van der Waals surface area contributed by atoms with Gasteiger partial charge in [0, 0.05) is 12.6 Å². The summed E-state index contributed by atoms with van der Waals surface area (Å²) in [6, 6.07) is -0.401. The van der Waals surface area contributed by atoms with Crippen LogP contribution < -0.4 is 5.32 Å². The molecule has 1 aliphatic heterocycles. The first-order valence-corrected chi connectivity index (χ1v) is 7.27. The number of carboxylic acids is 2. The largest absolute Gasteiger partial charge is 0.481 e. The molecule has 0 aromatic carbocycles. The van der Waals surface area contributed by atoms with Crippen molar-refractivity contribution in [3.63, 3.8) is 0 Å². The first kappa shape index (κ1) is 17.4. The number of nitrogens with zero attached hydrogens (tertiary/aromatic N) is 1. The average molecular weight is 300 g/mol. The maximum absolute atomic E-state index is 12.1. The Morgan fingerprint density at radius 1 is 1.19 bits per heavy atom. The summed E-state index contributed by atoms with van der Waals surface area (Å²) in [5.41, 5.74) is 0. The van der Waals surface area contributed by atoms with E-state index in [9.17, 15) is 19.5 Å². The van der Waals surface area contributed by atoms with Crippen molar-refractivity contribution in [1.82, 2.24) is 10.2 Å². The normalized spacial score (nSPS) is 25.9. The van der Waals surface area contributed by atoms with Gasteiger partial charge in [0.15, 0.2) is 0 Å². The van der Waals surface area contributed by atoms with Crippen LogP contribution in [0.5, 0.6) is 0 Å². The van der Waals surface area contributed by atoms with Gasteiger partial charge in [0.1, 0.15) is 0 Å². The molecule has 4 unspecified atom stereocenters. The lowest BCUT2D eigenvalue weighted by Crippen LogP contribution is -2.54. The quantitative estimate of drug-likeness (QED) is 0.655. The molecule has 7 nitrogen and oxygen atoms in total. The summed E-state index contributed by atoms with van der Waals surface area (Å²) in [6.07, 6.45) is 1.06. The molecule has 0 aromatic rings. The third kappa shape index (κ3) is 4.42. The molecule has 0 aromatic heterocycles. The first-order valence-electron chi connectivity index (χ1n) is 7.27. The smallest absolute Gasteiger partial charge is 0.308 e. The van der Waals surface area contributed by atoms with Crippen LogP contribution in [-0.2, 0) is 14.4 Å². The molecule has 0 spiro atoms. The minimum Gasteiger partial charge on any atom is -0.481 e. The first-order chi connectivity index (χ1) is 9.77. The zero-order chi connectivity index (χ0) is 16.2. The summed E-state index contributed by atoms with van der Waals surface area (Å²) in [5, 5.41) is 21.1. The Hall–Kier alpha value is -1.63. The second kappa shape index (κ2) is 7.40. The molecule has 1 aliphatic rings. The molecule has 1 heterocycles. The van der Waals surface area contributed by atoms with Crippen molar-refractivity contribution in [2.75, 3.05) is 13.1 Å². The van der Waals surface area contributed by atoms with Crippen LogP contribution in [0, 0.1) is 11.8 Å². The number of carbonyl (C=O) groups is 3. The highest BCUT2D eigenvalue weighted by molar-refractivity contribution is 5.82. The van der Waals surface area contributed by atoms with E-state index in [1.807, 2.05) is 13.8 Å². The van der Waals surface area contributed by atoms with Crippen LogP contribution in [0.2, 0.25) is 0 Å². The molecule has 3 N–H and O–H groups in total. The monoisotopic (exact) mass is 300 g/mol. The minimum absolute atomic E-state index is 0.0618. The van der Waals surface area contributed by atoms with Crippen molar-refractivity contribution >= 4 is 17.8 Å². The molecular weight excluding hydrogens is 276 g/mol. The molecule has 4 atom stereocenters. The Morgan fingerprint density at radius 3 is 2.24 bits per heavy atom. The fraction of sp³-hybridized carbons (Fsp3) is 0.786. The SMILES string of the molecule is CCC(C)NC(=O)C(C)N1CCC(C(=O)O)C(C(=O)O)C1. The molecule has 0 bridgehead atoms. The number of amides is 1. The van der Waals surface area contributed by atoms with E-state index in [4.69, 9.17) is 5.11 Å². The van der Waals surface area contributed by atoms with E-state index in [0.29, 0.717) is 6.54 Å². The van der Waals surface area contributed by atoms with E-state index in [-0.39, 0.29) is 24.9 Å². The zero-order valence-corrected chi connectivity index (χ0v) is 12.7. The van der Waals surface area contributed by atoms with Gasteiger partial charge in [-0.1, -0.05) is 6.92 Å². The third-order valence-corrected chi connectivity index (χ3v) is 4.21. The highest BCUT2D eigenvalue weighted by Crippen LogP contribution is 2.25. The summed E-state index contributed by atoms with van der Waals surface area (Å²) in [6.45, 7) is 6.09. The van der Waals surface area contributed by atoms with Gasteiger partial charge >= 0.3 is 11.9 Å². The van der Waals surface area contributed by atoms with Crippen molar-refractivity contribution in [3.8, 4) is 0 Å². The molecule has 1 fully saturated rings. The molecule has 1 amide bonds. The van der Waals surface area contributed by atoms with Gasteiger partial charge in [-0.2, -0.15) is 0 Å². The Bertz CT molecular complexity index is 412. The molecule has 1 rings (SSSR count). The molecular formula is C14H24N2O5. The van der Waals surface area contributed by atoms with Crippen molar-refractivity contribution in [3.05, 3.63) is 0 Å². The van der Waals surface area contributed by atoms with E-state index in [0.717, 1.165) is 6.42 Å². The van der Waals surface area contributed by atoms with Crippen LogP contribution in [0.3, 0.4) is 0 Å². The van der Waals surface area contributed by atoms with E-state index in [1.165, 1.54) is 0 Å². The highest BCUT2D eigenvalue weighted by Gasteiger charge is 2.40. The molecule has 7 heteroatoms. The van der Waals surface area contributed by atoms with Crippen molar-refractivity contribution in [1.29, 1.82) is 0 Å². The van der Waals surface area contributed by atoms with Crippen LogP contribution in [-0.4, -0.2) is 58.1 Å². The number of hydrogen-bond acceptors (Lipinski definition) is 4. The predicted molar refractivity (Wildman–Crippen MR) is 75.8 cm³/mol. The topological polar surface area (TPSA) is 107 Å². The zero-order valence-electron chi connectivity index (χ0n) is 12.7. The second-order valence-corrected chi connectivity index (χ2v) is 5.67. The van der Waals surface area contributed by atoms with Gasteiger partial charge in [0.25, 0.3) is 0 Å². The van der Waals surface area contributed by atoms with Crippen molar-refractivity contribution in [2.45, 2.75) is 45.7 Å². The Morgan fingerprint density at radius 2 is 1.76 bits per heavy atom. The van der Waals surface area contributed by atoms with Crippen LogP contribution in [0.25, 0.3) is 0 Å². The van der Waals surface area contributed by atoms with E-state index in [1.54, 1.807) is 11.8 Å². The van der Waals surface area contributed by atoms with E-state index >= 15 is 0 Å². The minimum atomic E-state index is -1.12. The molecule has 21 heavy (non-hydrogen) atoms. The molecule has 0 aliphatic carbocycles. The number of carbonyl (C=O) groups excluding carboxylic acids is 1. The van der Waals surface area contributed by atoms with Gasteiger partial charge < -0.3 is 15.5 Å². The Balaban J connectivity index is 2.71. The van der Waals surface area contributed by atoms with Gasteiger partial charge in [0.05, 0.1) is 17.9 Å². The Kier molecular flexibility index (Phi) is 6.14. The number of aliphatic carboxylic acids is 2. The fourth-order valence-electron chi connectivity index (χ4n) is 2.51. The number of carboxylic acid groups (broad SMARTS) is 2. The fourth-order valence-corrected chi connectivity index (χ4v) is 2.51. The number of likely N-dealkylation sites (tertiary alicyclic amines) is 1. The number of hydrogen-bond donors (Lipinski definition) is 3. The lowest BCUT2D eigenvalue weighted by molar-refractivity contribution is -0.158. The number of piperidine rings is 1. The second-order valence-electron chi connectivity index (χ2n) is 5.67. The standard InChI is InChI=1S/C14H24N2O5/c1-4-8(2)15-12(17)9(3)16-6-5-10(13(18)19)11(7-16)14(20)21/h8-11H,4-7H2,1-3H3,(H,15,17)(H,18,19)(H,20,21). The lowest BCUT2D eigenvalue weighted by atomic mass is 9.85. The third-order valence-electron chi connectivity index (χ3n) is 4.21. The predicted octanol–water partition coefficient (Wildman–Crippen LogP) is 0.397. The van der Waals surface area contributed by atoms with E-state index < -0.39 is 29.8 Å². The van der Waals surface area contributed by atoms with Gasteiger partial charge in [-0.15, -0.1) is 0 Å². The van der Waals surface area contributed by atoms with Crippen molar-refractivity contribution in [2.24, 2.45) is 11.8 Å². The highest BCUT2D eigenvalue weighted by atomic mass is 16.4. The van der Waals surface area contributed by atoms with Crippen molar-refractivity contribution < 1.29 is 24.6 Å². The molecule has 0 radical (unpaired) electrons. The number of rotatable bonds is 6. The van der Waals surface area contributed by atoms with Gasteiger partial charge in [-0.25, -0.2) is 0 Å². The van der Waals surface area contributed by atoms with Crippen LogP contribution in [0.4, 0.5) is 0 Å². The molecule has 1 saturated heterocycles. The van der Waals surface area contributed by atoms with Gasteiger partial charge in [-0.05, 0) is 33.2 Å². The average Bonchev–Trinajstić information content (AvgIpc) is 2.45. The summed E-state index contributed by atoms with van der Waals surface area (Å²) in [4.78, 5) is 36.2. The van der Waals surface area contributed by atoms with Crippen LogP contribution >= 0.6 is 0 Å². The molecule has 0 saturated carbocycles. The summed E-state index contributed by atoms with van der Waals surface area (Å²) in [7, 11) is 0. The number of nitrogens with one attached hydrogen (secondary N) is 1. The van der Waals surface area contributed by atoms with Crippen LogP contribution in [0.15, 0.2) is 0 Å². The lowest BCUT2D eigenvalue weighted by Gasteiger charge is -2.37. The maximum atomic E-state index is 12.1. The van der Waals surface area contributed by atoms with Gasteiger partial charge in [-0.3, -0.25) is 19.3 Å². The summed E-state index contributed by atoms with van der Waals surface area (Å²) < 4.78 is 0.